The molecule has 1 amide bonds. The SMILES string of the molecule is CCOC(=O)N1Cc2sc(N)c(C(=O)c3ccccc3)c2C(C)C1. The Hall–Kier alpha value is -2.34. The number of ether oxygens (including phenoxy) is 1. The molecule has 2 heterocycles. The third-order valence-corrected chi connectivity index (χ3v) is 5.18. The number of rotatable bonds is 3. The van der Waals surface area contributed by atoms with Crippen LogP contribution >= 0.6 is 11.3 Å². The predicted molar refractivity (Wildman–Crippen MR) is 94.5 cm³/mol. The fourth-order valence-corrected chi connectivity index (χ4v) is 4.34. The molecule has 1 aromatic heterocycles. The van der Waals surface area contributed by atoms with Crippen LogP contribution in [0.2, 0.25) is 0 Å². The van der Waals surface area contributed by atoms with Gasteiger partial charge in [-0.1, -0.05) is 37.3 Å². The summed E-state index contributed by atoms with van der Waals surface area (Å²) < 4.78 is 5.09. The lowest BCUT2D eigenvalue weighted by Gasteiger charge is -2.30. The smallest absolute Gasteiger partial charge is 0.410 e. The third kappa shape index (κ3) is 2.89. The van der Waals surface area contributed by atoms with Crippen LogP contribution in [0, 0.1) is 0 Å². The molecule has 0 bridgehead atoms. The van der Waals surface area contributed by atoms with Crippen molar-refractivity contribution in [3.05, 3.63) is 51.9 Å². The molecule has 1 unspecified atom stereocenters. The van der Waals surface area contributed by atoms with Crippen molar-refractivity contribution in [3.63, 3.8) is 0 Å². The number of carbonyl (C=O) groups is 2. The van der Waals surface area contributed by atoms with Gasteiger partial charge in [-0.25, -0.2) is 4.79 Å². The van der Waals surface area contributed by atoms with Crippen molar-refractivity contribution in [2.75, 3.05) is 18.9 Å². The second kappa shape index (κ2) is 6.65. The van der Waals surface area contributed by atoms with Gasteiger partial charge in [0.2, 0.25) is 0 Å². The molecule has 0 spiro atoms. The van der Waals surface area contributed by atoms with E-state index in [4.69, 9.17) is 10.5 Å². The number of fused-ring (bicyclic) bond motifs is 1. The highest BCUT2D eigenvalue weighted by Crippen LogP contribution is 2.41. The summed E-state index contributed by atoms with van der Waals surface area (Å²) in [4.78, 5) is 27.5. The van der Waals surface area contributed by atoms with Crippen molar-refractivity contribution in [2.45, 2.75) is 26.3 Å². The highest BCUT2D eigenvalue weighted by Gasteiger charge is 2.33. The number of hydrogen-bond donors (Lipinski definition) is 1. The highest BCUT2D eigenvalue weighted by molar-refractivity contribution is 7.16. The van der Waals surface area contributed by atoms with Crippen LogP contribution in [0.25, 0.3) is 0 Å². The molecule has 0 saturated carbocycles. The van der Waals surface area contributed by atoms with Gasteiger partial charge >= 0.3 is 6.09 Å². The van der Waals surface area contributed by atoms with Crippen LogP contribution in [0.15, 0.2) is 30.3 Å². The van der Waals surface area contributed by atoms with Crippen molar-refractivity contribution < 1.29 is 14.3 Å². The van der Waals surface area contributed by atoms with E-state index in [0.717, 1.165) is 10.4 Å². The lowest BCUT2D eigenvalue weighted by Crippen LogP contribution is -2.37. The van der Waals surface area contributed by atoms with Gasteiger partial charge < -0.3 is 15.4 Å². The Bertz CT molecular complexity index is 770. The highest BCUT2D eigenvalue weighted by atomic mass is 32.1. The van der Waals surface area contributed by atoms with Gasteiger partial charge in [-0.2, -0.15) is 0 Å². The second-order valence-electron chi connectivity index (χ2n) is 5.85. The van der Waals surface area contributed by atoms with Crippen LogP contribution < -0.4 is 5.73 Å². The van der Waals surface area contributed by atoms with E-state index in [1.54, 1.807) is 24.0 Å². The summed E-state index contributed by atoms with van der Waals surface area (Å²) in [6.07, 6.45) is -0.321. The van der Waals surface area contributed by atoms with Gasteiger partial charge in [0.25, 0.3) is 0 Å². The van der Waals surface area contributed by atoms with E-state index >= 15 is 0 Å². The average Bonchev–Trinajstić information content (AvgIpc) is 2.91. The molecule has 3 rings (SSSR count). The minimum Gasteiger partial charge on any atom is -0.450 e. The molecular formula is C18H20N2O3S. The van der Waals surface area contributed by atoms with Crippen LogP contribution in [-0.2, 0) is 11.3 Å². The monoisotopic (exact) mass is 344 g/mol. The Kier molecular flexibility index (Phi) is 4.57. The van der Waals surface area contributed by atoms with E-state index < -0.39 is 0 Å². The zero-order valence-corrected chi connectivity index (χ0v) is 14.6. The minimum absolute atomic E-state index is 0.0365. The van der Waals surface area contributed by atoms with Gasteiger partial charge in [0.15, 0.2) is 5.78 Å². The number of thiophene rings is 1. The Labute approximate surface area is 145 Å². The summed E-state index contributed by atoms with van der Waals surface area (Å²) in [6, 6.07) is 9.15. The molecule has 1 atom stereocenters. The Morgan fingerprint density at radius 1 is 1.33 bits per heavy atom. The number of anilines is 1. The summed E-state index contributed by atoms with van der Waals surface area (Å²) in [5, 5.41) is 0.520. The van der Waals surface area contributed by atoms with Crippen molar-refractivity contribution >= 4 is 28.2 Å². The first-order valence-electron chi connectivity index (χ1n) is 7.95. The molecule has 1 aromatic carbocycles. The maximum atomic E-state index is 12.9. The number of amides is 1. The summed E-state index contributed by atoms with van der Waals surface area (Å²) in [6.45, 7) is 5.11. The number of nitrogens with two attached hydrogens (primary N) is 1. The van der Waals surface area contributed by atoms with Gasteiger partial charge in [-0.3, -0.25) is 4.79 Å². The van der Waals surface area contributed by atoms with E-state index in [0.29, 0.717) is 35.8 Å². The molecule has 0 saturated heterocycles. The van der Waals surface area contributed by atoms with Crippen molar-refractivity contribution in [3.8, 4) is 0 Å². The van der Waals surface area contributed by atoms with Crippen molar-refractivity contribution in [2.24, 2.45) is 0 Å². The summed E-state index contributed by atoms with van der Waals surface area (Å²) >= 11 is 1.39. The number of nitrogens with zero attached hydrogens (tertiary/aromatic N) is 1. The molecule has 2 aromatic rings. The standard InChI is InChI=1S/C18H20N2O3S/c1-3-23-18(22)20-9-11(2)14-13(10-20)24-17(19)15(14)16(21)12-7-5-4-6-8-12/h4-8,11H,3,9-10,19H2,1-2H3. The molecule has 1 aliphatic heterocycles. The van der Waals surface area contributed by atoms with Gasteiger partial charge in [0.05, 0.1) is 23.7 Å². The average molecular weight is 344 g/mol. The van der Waals surface area contributed by atoms with Crippen LogP contribution in [-0.4, -0.2) is 29.9 Å². The van der Waals surface area contributed by atoms with E-state index in [-0.39, 0.29) is 17.8 Å². The largest absolute Gasteiger partial charge is 0.450 e. The van der Waals surface area contributed by atoms with Gasteiger partial charge in [0, 0.05) is 22.9 Å². The Balaban J connectivity index is 1.96. The first-order valence-corrected chi connectivity index (χ1v) is 8.77. The lowest BCUT2D eigenvalue weighted by molar-refractivity contribution is 0.0995. The zero-order valence-electron chi connectivity index (χ0n) is 13.7. The maximum Gasteiger partial charge on any atom is 0.410 e. The molecule has 0 radical (unpaired) electrons. The molecule has 126 valence electrons. The fraction of sp³-hybridized carbons (Fsp3) is 0.333. The van der Waals surface area contributed by atoms with Gasteiger partial charge in [0.1, 0.15) is 0 Å². The molecule has 6 heteroatoms. The van der Waals surface area contributed by atoms with Crippen LogP contribution in [0.5, 0.6) is 0 Å². The molecule has 0 aliphatic carbocycles. The molecular weight excluding hydrogens is 324 g/mol. The van der Waals surface area contributed by atoms with E-state index in [1.807, 2.05) is 25.1 Å². The maximum absolute atomic E-state index is 12.9. The molecule has 0 fully saturated rings. The van der Waals surface area contributed by atoms with Crippen LogP contribution in [0.1, 0.15) is 46.1 Å². The van der Waals surface area contributed by atoms with Crippen LogP contribution in [0.3, 0.4) is 0 Å². The Morgan fingerprint density at radius 3 is 2.71 bits per heavy atom. The van der Waals surface area contributed by atoms with Gasteiger partial charge in [-0.05, 0) is 12.5 Å². The first-order chi connectivity index (χ1) is 11.5. The number of carbonyl (C=O) groups excluding carboxylic acids is 2. The van der Waals surface area contributed by atoms with Crippen molar-refractivity contribution in [1.82, 2.24) is 4.90 Å². The Morgan fingerprint density at radius 2 is 2.04 bits per heavy atom. The summed E-state index contributed by atoms with van der Waals surface area (Å²) in [5.41, 5.74) is 8.37. The normalized spacial score (nSPS) is 16.6. The zero-order chi connectivity index (χ0) is 17.3. The summed E-state index contributed by atoms with van der Waals surface area (Å²) in [5.74, 6) is -0.0172. The minimum atomic E-state index is -0.321. The molecule has 2 N–H and O–H groups in total. The second-order valence-corrected chi connectivity index (χ2v) is 6.99. The summed E-state index contributed by atoms with van der Waals surface area (Å²) in [7, 11) is 0. The molecule has 5 nitrogen and oxygen atoms in total. The third-order valence-electron chi connectivity index (χ3n) is 4.16. The van der Waals surface area contributed by atoms with Crippen LogP contribution in [0.4, 0.5) is 9.80 Å². The molecule has 1 aliphatic rings. The topological polar surface area (TPSA) is 72.6 Å². The predicted octanol–water partition coefficient (Wildman–Crippen LogP) is 3.64. The quantitative estimate of drug-likeness (QED) is 0.863. The first kappa shape index (κ1) is 16.5. The van der Waals surface area contributed by atoms with Gasteiger partial charge in [-0.15, -0.1) is 11.3 Å². The lowest BCUT2D eigenvalue weighted by atomic mass is 9.90. The number of benzene rings is 1. The number of hydrogen-bond acceptors (Lipinski definition) is 5. The molecule has 24 heavy (non-hydrogen) atoms. The fourth-order valence-electron chi connectivity index (χ4n) is 3.13. The van der Waals surface area contributed by atoms with E-state index in [9.17, 15) is 9.59 Å². The van der Waals surface area contributed by atoms with Crippen molar-refractivity contribution in [1.29, 1.82) is 0 Å². The number of nitrogen functional groups attached to an aromatic ring is 1. The van der Waals surface area contributed by atoms with E-state index in [1.165, 1.54) is 11.3 Å². The number of ketones is 1. The van der Waals surface area contributed by atoms with E-state index in [2.05, 4.69) is 0 Å².